The van der Waals surface area contributed by atoms with Crippen LogP contribution in [0.25, 0.3) is 0 Å². The molecule has 2 bridgehead atoms. The predicted molar refractivity (Wildman–Crippen MR) is 52.9 cm³/mol. The maximum absolute atomic E-state index is 9.01. The maximum Gasteiger partial charge on any atom is 0.0658 e. The van der Waals surface area contributed by atoms with E-state index in [1.165, 1.54) is 25.7 Å². The molecule has 2 aliphatic rings. The molecule has 5 unspecified atom stereocenters. The van der Waals surface area contributed by atoms with Crippen molar-refractivity contribution < 1.29 is 0 Å². The molecule has 0 saturated heterocycles. The first-order valence-corrected chi connectivity index (χ1v) is 5.71. The van der Waals surface area contributed by atoms with Crippen molar-refractivity contribution >= 4 is 0 Å². The summed E-state index contributed by atoms with van der Waals surface area (Å²) in [6, 6.07) is 2.50. The number of nitriles is 1. The van der Waals surface area contributed by atoms with E-state index in [0.717, 1.165) is 23.7 Å². The van der Waals surface area contributed by atoms with Gasteiger partial charge in [0.1, 0.15) is 0 Å². The van der Waals surface area contributed by atoms with Crippen LogP contribution in [0.2, 0.25) is 0 Å². The zero-order valence-corrected chi connectivity index (χ0v) is 8.66. The molecule has 0 N–H and O–H groups in total. The Balaban J connectivity index is 2.14. The summed E-state index contributed by atoms with van der Waals surface area (Å²) in [6.45, 7) is 4.61. The molecule has 2 saturated carbocycles. The van der Waals surface area contributed by atoms with Gasteiger partial charge in [-0.2, -0.15) is 5.26 Å². The third-order valence-corrected chi connectivity index (χ3v) is 4.46. The number of fused-ring (bicyclic) bond motifs is 2. The monoisotopic (exact) mass is 177 g/mol. The molecule has 1 nitrogen and oxygen atoms in total. The van der Waals surface area contributed by atoms with Crippen LogP contribution in [0.1, 0.15) is 39.5 Å². The summed E-state index contributed by atoms with van der Waals surface area (Å²) in [5, 5.41) is 9.01. The van der Waals surface area contributed by atoms with Crippen LogP contribution in [0.15, 0.2) is 0 Å². The summed E-state index contributed by atoms with van der Waals surface area (Å²) in [6.07, 6.45) is 5.18. The van der Waals surface area contributed by atoms with Crippen molar-refractivity contribution in [2.45, 2.75) is 39.5 Å². The lowest BCUT2D eigenvalue weighted by molar-refractivity contribution is 0.179. The molecular weight excluding hydrogens is 158 g/mol. The lowest BCUT2D eigenvalue weighted by Crippen LogP contribution is -2.26. The molecule has 0 aliphatic heterocycles. The molecule has 2 aliphatic carbocycles. The van der Waals surface area contributed by atoms with Gasteiger partial charge in [-0.1, -0.05) is 26.7 Å². The van der Waals surface area contributed by atoms with Gasteiger partial charge in [-0.3, -0.25) is 0 Å². The number of nitrogens with zero attached hydrogens (tertiary/aromatic N) is 1. The largest absolute Gasteiger partial charge is 0.198 e. The van der Waals surface area contributed by atoms with Crippen molar-refractivity contribution in [1.82, 2.24) is 0 Å². The summed E-state index contributed by atoms with van der Waals surface area (Å²) in [5.41, 5.74) is 0. The van der Waals surface area contributed by atoms with Crippen LogP contribution in [-0.2, 0) is 0 Å². The van der Waals surface area contributed by atoms with Crippen molar-refractivity contribution in [2.75, 3.05) is 0 Å². The van der Waals surface area contributed by atoms with Gasteiger partial charge in [0.2, 0.25) is 0 Å². The summed E-state index contributed by atoms with van der Waals surface area (Å²) in [7, 11) is 0. The first-order chi connectivity index (χ1) is 6.31. The number of hydrogen-bond acceptors (Lipinski definition) is 1. The second-order valence-electron chi connectivity index (χ2n) is 4.78. The topological polar surface area (TPSA) is 23.8 Å². The van der Waals surface area contributed by atoms with Gasteiger partial charge in [0.15, 0.2) is 0 Å². The van der Waals surface area contributed by atoms with Gasteiger partial charge in [0, 0.05) is 5.92 Å². The van der Waals surface area contributed by atoms with Gasteiger partial charge >= 0.3 is 0 Å². The van der Waals surface area contributed by atoms with Crippen LogP contribution in [0, 0.1) is 40.9 Å². The second kappa shape index (κ2) is 3.33. The Hall–Kier alpha value is -0.510. The van der Waals surface area contributed by atoms with Crippen molar-refractivity contribution in [1.29, 1.82) is 5.26 Å². The fourth-order valence-electron chi connectivity index (χ4n) is 3.99. The average molecular weight is 177 g/mol. The van der Waals surface area contributed by atoms with E-state index in [1.54, 1.807) is 0 Å². The maximum atomic E-state index is 9.01. The van der Waals surface area contributed by atoms with Crippen LogP contribution < -0.4 is 0 Å². The van der Waals surface area contributed by atoms with E-state index in [4.69, 9.17) is 5.26 Å². The van der Waals surface area contributed by atoms with E-state index in [2.05, 4.69) is 19.9 Å². The highest BCUT2D eigenvalue weighted by Gasteiger charge is 2.50. The molecule has 5 atom stereocenters. The Morgan fingerprint density at radius 3 is 2.38 bits per heavy atom. The minimum absolute atomic E-state index is 0.401. The standard InChI is InChI=1S/C12H19N/c1-3-10-8-5-9(7-13)12(6-8)11(10)4-2/h8-12H,3-6H2,1-2H3. The van der Waals surface area contributed by atoms with E-state index in [9.17, 15) is 0 Å². The van der Waals surface area contributed by atoms with Crippen LogP contribution in [0.3, 0.4) is 0 Å². The highest BCUT2D eigenvalue weighted by molar-refractivity contribution is 5.06. The van der Waals surface area contributed by atoms with Crippen LogP contribution in [0.4, 0.5) is 0 Å². The smallest absolute Gasteiger partial charge is 0.0658 e. The molecule has 72 valence electrons. The molecule has 0 aromatic heterocycles. The van der Waals surface area contributed by atoms with Crippen molar-refractivity contribution in [3.8, 4) is 6.07 Å². The Bertz CT molecular complexity index is 228. The summed E-state index contributed by atoms with van der Waals surface area (Å²) >= 11 is 0. The first kappa shape index (κ1) is 9.06. The van der Waals surface area contributed by atoms with E-state index in [-0.39, 0.29) is 0 Å². The highest BCUT2D eigenvalue weighted by atomic mass is 14.6. The molecule has 2 fully saturated rings. The zero-order chi connectivity index (χ0) is 9.42. The molecule has 0 radical (unpaired) electrons. The molecule has 0 amide bonds. The molecule has 0 aromatic rings. The Kier molecular flexibility index (Phi) is 2.32. The summed E-state index contributed by atoms with van der Waals surface area (Å²) < 4.78 is 0. The number of rotatable bonds is 2. The van der Waals surface area contributed by atoms with Gasteiger partial charge in [-0.25, -0.2) is 0 Å². The summed E-state index contributed by atoms with van der Waals surface area (Å²) in [5.74, 6) is 3.86. The Labute approximate surface area is 81.1 Å². The van der Waals surface area contributed by atoms with Gasteiger partial charge in [0.05, 0.1) is 6.07 Å². The Morgan fingerprint density at radius 2 is 1.85 bits per heavy atom. The van der Waals surface area contributed by atoms with E-state index in [0.29, 0.717) is 5.92 Å². The normalized spacial score (nSPS) is 47.9. The zero-order valence-electron chi connectivity index (χ0n) is 8.66. The lowest BCUT2D eigenvalue weighted by atomic mass is 9.72. The highest BCUT2D eigenvalue weighted by Crippen LogP contribution is 2.57. The molecule has 0 heterocycles. The minimum atomic E-state index is 0.401. The van der Waals surface area contributed by atoms with Gasteiger partial charge in [-0.15, -0.1) is 0 Å². The van der Waals surface area contributed by atoms with Crippen molar-refractivity contribution in [3.63, 3.8) is 0 Å². The molecule has 0 aromatic carbocycles. The van der Waals surface area contributed by atoms with Crippen LogP contribution >= 0.6 is 0 Å². The quantitative estimate of drug-likeness (QED) is 0.635. The SMILES string of the molecule is CCC1C2CC(C#N)C(C2)C1CC. The fourth-order valence-corrected chi connectivity index (χ4v) is 3.99. The second-order valence-corrected chi connectivity index (χ2v) is 4.78. The average Bonchev–Trinajstić information content (AvgIpc) is 2.72. The predicted octanol–water partition coefficient (Wildman–Crippen LogP) is 3.22. The molecule has 1 heteroatoms. The van der Waals surface area contributed by atoms with Crippen molar-refractivity contribution in [2.24, 2.45) is 29.6 Å². The first-order valence-electron chi connectivity index (χ1n) is 5.71. The third-order valence-electron chi connectivity index (χ3n) is 4.46. The molecule has 13 heavy (non-hydrogen) atoms. The number of hydrogen-bond donors (Lipinski definition) is 0. The lowest BCUT2D eigenvalue weighted by Gasteiger charge is -2.32. The Morgan fingerprint density at radius 1 is 1.15 bits per heavy atom. The van der Waals surface area contributed by atoms with Gasteiger partial charge in [0.25, 0.3) is 0 Å². The molecule has 0 spiro atoms. The van der Waals surface area contributed by atoms with Gasteiger partial charge < -0.3 is 0 Å². The third kappa shape index (κ3) is 1.19. The fraction of sp³-hybridized carbons (Fsp3) is 0.917. The van der Waals surface area contributed by atoms with Gasteiger partial charge in [-0.05, 0) is 36.5 Å². The summed E-state index contributed by atoms with van der Waals surface area (Å²) in [4.78, 5) is 0. The van der Waals surface area contributed by atoms with Crippen LogP contribution in [-0.4, -0.2) is 0 Å². The minimum Gasteiger partial charge on any atom is -0.198 e. The molecular formula is C12H19N. The molecule has 2 rings (SSSR count). The van der Waals surface area contributed by atoms with Crippen LogP contribution in [0.5, 0.6) is 0 Å². The van der Waals surface area contributed by atoms with E-state index < -0.39 is 0 Å². The van der Waals surface area contributed by atoms with E-state index in [1.807, 2.05) is 0 Å². The van der Waals surface area contributed by atoms with E-state index >= 15 is 0 Å². The van der Waals surface area contributed by atoms with Crippen molar-refractivity contribution in [3.05, 3.63) is 0 Å².